The van der Waals surface area contributed by atoms with Gasteiger partial charge in [0.2, 0.25) is 0 Å². The Morgan fingerprint density at radius 1 is 1.29 bits per heavy atom. The lowest BCUT2D eigenvalue weighted by atomic mass is 10.1. The fourth-order valence-corrected chi connectivity index (χ4v) is 2.48. The zero-order valence-electron chi connectivity index (χ0n) is 12.5. The predicted octanol–water partition coefficient (Wildman–Crippen LogP) is 2.76. The Morgan fingerprint density at radius 3 is 2.76 bits per heavy atom. The number of guanidine groups is 1. The molecule has 114 valence electrons. The van der Waals surface area contributed by atoms with Crippen LogP contribution in [0, 0.1) is 5.41 Å². The first-order chi connectivity index (χ1) is 10.2. The standard InChI is InChI=1S/C16H23N3O2/c1-2-16(6-7-16)11-18-15(17)19-12-4-5-13-14(10-12)21-9-3-8-20-13/h4-5,10H,2-3,6-9,11H2,1H3,(H3,17,18,19). The van der Waals surface area contributed by atoms with E-state index in [-0.39, 0.29) is 0 Å². The molecule has 0 aromatic heterocycles. The summed E-state index contributed by atoms with van der Waals surface area (Å²) < 4.78 is 11.3. The number of rotatable bonds is 4. The van der Waals surface area contributed by atoms with Gasteiger partial charge < -0.3 is 20.5 Å². The first-order valence-electron chi connectivity index (χ1n) is 7.67. The highest BCUT2D eigenvalue weighted by Gasteiger charge is 2.40. The van der Waals surface area contributed by atoms with Crippen LogP contribution in [-0.4, -0.2) is 25.7 Å². The summed E-state index contributed by atoms with van der Waals surface area (Å²) in [6.07, 6.45) is 4.61. The van der Waals surface area contributed by atoms with Gasteiger partial charge in [0.25, 0.3) is 0 Å². The van der Waals surface area contributed by atoms with E-state index < -0.39 is 0 Å². The maximum Gasteiger partial charge on any atom is 0.193 e. The van der Waals surface area contributed by atoms with Crippen LogP contribution in [0.15, 0.2) is 23.2 Å². The molecule has 1 fully saturated rings. The number of aliphatic imine (C=N–C) groups is 1. The second-order valence-electron chi connectivity index (χ2n) is 5.89. The van der Waals surface area contributed by atoms with Crippen molar-refractivity contribution in [2.24, 2.45) is 16.1 Å². The molecule has 21 heavy (non-hydrogen) atoms. The van der Waals surface area contributed by atoms with Crippen LogP contribution in [-0.2, 0) is 0 Å². The van der Waals surface area contributed by atoms with E-state index in [2.05, 4.69) is 17.2 Å². The van der Waals surface area contributed by atoms with Crippen molar-refractivity contribution in [3.63, 3.8) is 0 Å². The lowest BCUT2D eigenvalue weighted by Gasteiger charge is -2.12. The number of anilines is 1. The van der Waals surface area contributed by atoms with Gasteiger partial charge in [0.05, 0.1) is 13.2 Å². The highest BCUT2D eigenvalue weighted by Crippen LogP contribution is 2.48. The van der Waals surface area contributed by atoms with Gasteiger partial charge in [-0.05, 0) is 36.8 Å². The predicted molar refractivity (Wildman–Crippen MR) is 84.1 cm³/mol. The molecule has 1 saturated carbocycles. The van der Waals surface area contributed by atoms with E-state index in [1.165, 1.54) is 19.3 Å². The Morgan fingerprint density at radius 2 is 2.05 bits per heavy atom. The van der Waals surface area contributed by atoms with Crippen LogP contribution in [0.25, 0.3) is 0 Å². The molecule has 0 saturated heterocycles. The van der Waals surface area contributed by atoms with Crippen LogP contribution in [0.4, 0.5) is 5.69 Å². The van der Waals surface area contributed by atoms with Gasteiger partial charge in [-0.15, -0.1) is 0 Å². The van der Waals surface area contributed by atoms with Gasteiger partial charge in [0.15, 0.2) is 17.5 Å². The minimum atomic E-state index is 0.414. The summed E-state index contributed by atoms with van der Waals surface area (Å²) in [6.45, 7) is 4.41. The molecule has 1 aromatic carbocycles. The summed E-state index contributed by atoms with van der Waals surface area (Å²) in [7, 11) is 0. The quantitative estimate of drug-likeness (QED) is 0.660. The molecule has 5 nitrogen and oxygen atoms in total. The fraction of sp³-hybridized carbons (Fsp3) is 0.562. The van der Waals surface area contributed by atoms with Gasteiger partial charge in [-0.25, -0.2) is 0 Å². The Bertz CT molecular complexity index is 538. The van der Waals surface area contributed by atoms with E-state index in [4.69, 9.17) is 15.2 Å². The van der Waals surface area contributed by atoms with Crippen molar-refractivity contribution in [2.75, 3.05) is 25.1 Å². The maximum absolute atomic E-state index is 5.97. The monoisotopic (exact) mass is 289 g/mol. The average molecular weight is 289 g/mol. The van der Waals surface area contributed by atoms with E-state index in [1.54, 1.807) is 0 Å². The molecule has 2 aliphatic rings. The number of hydrogen-bond donors (Lipinski definition) is 2. The molecule has 0 atom stereocenters. The summed E-state index contributed by atoms with van der Waals surface area (Å²) in [5, 5.41) is 3.13. The molecule has 0 bridgehead atoms. The normalized spacial score (nSPS) is 19.8. The fourth-order valence-electron chi connectivity index (χ4n) is 2.48. The molecular formula is C16H23N3O2. The molecule has 0 amide bonds. The number of nitrogens with zero attached hydrogens (tertiary/aromatic N) is 1. The molecule has 0 unspecified atom stereocenters. The van der Waals surface area contributed by atoms with Gasteiger partial charge in [0, 0.05) is 24.7 Å². The average Bonchev–Trinajstić information content (AvgIpc) is 3.29. The number of hydrogen-bond acceptors (Lipinski definition) is 3. The molecule has 3 rings (SSSR count). The van der Waals surface area contributed by atoms with Crippen LogP contribution < -0.4 is 20.5 Å². The molecule has 1 aliphatic carbocycles. The number of nitrogens with one attached hydrogen (secondary N) is 1. The Hall–Kier alpha value is -1.91. The minimum absolute atomic E-state index is 0.414. The van der Waals surface area contributed by atoms with Crippen LogP contribution in [0.3, 0.4) is 0 Å². The largest absolute Gasteiger partial charge is 0.490 e. The van der Waals surface area contributed by atoms with Crippen molar-refractivity contribution in [3.05, 3.63) is 18.2 Å². The molecule has 5 heteroatoms. The van der Waals surface area contributed by atoms with Crippen LogP contribution in [0.1, 0.15) is 32.6 Å². The Labute approximate surface area is 125 Å². The third-order valence-corrected chi connectivity index (χ3v) is 4.31. The lowest BCUT2D eigenvalue weighted by Crippen LogP contribution is -2.24. The topological polar surface area (TPSA) is 68.9 Å². The summed E-state index contributed by atoms with van der Waals surface area (Å²) in [6, 6.07) is 5.75. The van der Waals surface area contributed by atoms with E-state index in [0.29, 0.717) is 24.6 Å². The number of benzene rings is 1. The molecule has 3 N–H and O–H groups in total. The molecule has 1 aromatic rings. The maximum atomic E-state index is 5.97. The highest BCUT2D eigenvalue weighted by atomic mass is 16.5. The van der Waals surface area contributed by atoms with Gasteiger partial charge in [0.1, 0.15) is 0 Å². The highest BCUT2D eigenvalue weighted by molar-refractivity contribution is 5.92. The lowest BCUT2D eigenvalue weighted by molar-refractivity contribution is 0.297. The zero-order chi connectivity index (χ0) is 14.7. The van der Waals surface area contributed by atoms with Gasteiger partial charge in [-0.1, -0.05) is 6.92 Å². The number of nitrogens with two attached hydrogens (primary N) is 1. The number of fused-ring (bicyclic) bond motifs is 1. The molecule has 1 aliphatic heterocycles. The first kappa shape index (κ1) is 14.0. The zero-order valence-corrected chi connectivity index (χ0v) is 12.5. The molecular weight excluding hydrogens is 266 g/mol. The van der Waals surface area contributed by atoms with E-state index >= 15 is 0 Å². The van der Waals surface area contributed by atoms with Gasteiger partial charge in [-0.2, -0.15) is 0 Å². The Kier molecular flexibility index (Phi) is 3.90. The summed E-state index contributed by atoms with van der Waals surface area (Å²) in [5.74, 6) is 2.01. The van der Waals surface area contributed by atoms with Crippen LogP contribution >= 0.6 is 0 Å². The van der Waals surface area contributed by atoms with E-state index in [1.807, 2.05) is 18.2 Å². The van der Waals surface area contributed by atoms with Gasteiger partial charge >= 0.3 is 0 Å². The second-order valence-corrected chi connectivity index (χ2v) is 5.89. The molecule has 0 spiro atoms. The SMILES string of the molecule is CCC1(CN=C(N)Nc2ccc3c(c2)OCCCO3)CC1. The van der Waals surface area contributed by atoms with Crippen molar-refractivity contribution in [2.45, 2.75) is 32.6 Å². The van der Waals surface area contributed by atoms with Crippen molar-refractivity contribution >= 4 is 11.6 Å². The number of ether oxygens (including phenoxy) is 2. The van der Waals surface area contributed by atoms with Crippen LogP contribution in [0.2, 0.25) is 0 Å². The van der Waals surface area contributed by atoms with Crippen molar-refractivity contribution in [3.8, 4) is 11.5 Å². The van der Waals surface area contributed by atoms with Crippen molar-refractivity contribution in [1.82, 2.24) is 0 Å². The van der Waals surface area contributed by atoms with Crippen molar-refractivity contribution < 1.29 is 9.47 Å². The first-order valence-corrected chi connectivity index (χ1v) is 7.67. The summed E-state index contributed by atoms with van der Waals surface area (Å²) >= 11 is 0. The minimum Gasteiger partial charge on any atom is -0.490 e. The van der Waals surface area contributed by atoms with E-state index in [0.717, 1.165) is 30.2 Å². The molecule has 0 radical (unpaired) electrons. The van der Waals surface area contributed by atoms with Crippen LogP contribution in [0.5, 0.6) is 11.5 Å². The van der Waals surface area contributed by atoms with E-state index in [9.17, 15) is 0 Å². The van der Waals surface area contributed by atoms with Gasteiger partial charge in [-0.3, -0.25) is 4.99 Å². The summed E-state index contributed by atoms with van der Waals surface area (Å²) in [4.78, 5) is 4.47. The second kappa shape index (κ2) is 5.84. The van der Waals surface area contributed by atoms with Crippen molar-refractivity contribution in [1.29, 1.82) is 0 Å². The third kappa shape index (κ3) is 3.40. The summed E-state index contributed by atoms with van der Waals surface area (Å²) in [5.41, 5.74) is 7.26. The molecule has 1 heterocycles. The smallest absolute Gasteiger partial charge is 0.193 e. The Balaban J connectivity index is 1.64. The third-order valence-electron chi connectivity index (χ3n) is 4.31.